The summed E-state index contributed by atoms with van der Waals surface area (Å²) < 4.78 is 2.06. The van der Waals surface area contributed by atoms with E-state index in [-0.39, 0.29) is 0 Å². The molecule has 2 nitrogen and oxygen atoms in total. The fraction of sp³-hybridized carbons (Fsp3) is 0.125. The van der Waals surface area contributed by atoms with Crippen molar-refractivity contribution >= 4 is 5.52 Å². The Balaban J connectivity index is 2.93. The summed E-state index contributed by atoms with van der Waals surface area (Å²) in [7, 11) is 0. The summed E-state index contributed by atoms with van der Waals surface area (Å²) in [5.74, 6) is 0. The zero-order chi connectivity index (χ0) is 6.97. The van der Waals surface area contributed by atoms with Crippen molar-refractivity contribution in [1.82, 2.24) is 9.38 Å². The lowest BCUT2D eigenvalue weighted by atomic mass is 10.5. The van der Waals surface area contributed by atoms with E-state index in [9.17, 15) is 0 Å². The van der Waals surface area contributed by atoms with E-state index in [0.29, 0.717) is 0 Å². The lowest BCUT2D eigenvalue weighted by Crippen LogP contribution is -1.85. The fourth-order valence-corrected chi connectivity index (χ4v) is 1.09. The first-order valence-corrected chi connectivity index (χ1v) is 3.25. The number of aromatic nitrogens is 2. The topological polar surface area (TPSA) is 17.3 Å². The lowest BCUT2D eigenvalue weighted by molar-refractivity contribution is 1.04. The second-order valence-corrected chi connectivity index (χ2v) is 2.35. The standard InChI is InChI=1S/C8H8N2/c1-7-2-3-8-4-5-9-6-10(7)8/h2-6H,1H3. The van der Waals surface area contributed by atoms with E-state index >= 15 is 0 Å². The first kappa shape index (κ1) is 5.47. The van der Waals surface area contributed by atoms with Crippen LogP contribution in [0.15, 0.2) is 30.7 Å². The molecule has 0 spiro atoms. The van der Waals surface area contributed by atoms with Crippen LogP contribution in [0.5, 0.6) is 0 Å². The summed E-state index contributed by atoms with van der Waals surface area (Å²) in [6, 6.07) is 6.15. The number of aryl methyl sites for hydroxylation is 1. The minimum absolute atomic E-state index is 1.20. The summed E-state index contributed by atoms with van der Waals surface area (Å²) in [6.45, 7) is 2.06. The van der Waals surface area contributed by atoms with Crippen LogP contribution < -0.4 is 0 Å². The van der Waals surface area contributed by atoms with Crippen molar-refractivity contribution in [2.75, 3.05) is 0 Å². The molecule has 0 fully saturated rings. The maximum Gasteiger partial charge on any atom is 0.0992 e. The largest absolute Gasteiger partial charge is 0.305 e. The van der Waals surface area contributed by atoms with Gasteiger partial charge in [0.15, 0.2) is 0 Å². The minimum Gasteiger partial charge on any atom is -0.305 e. The Bertz CT molecular complexity index is 349. The predicted molar refractivity (Wildman–Crippen MR) is 39.9 cm³/mol. The maximum absolute atomic E-state index is 4.01. The molecule has 0 amide bonds. The summed E-state index contributed by atoms with van der Waals surface area (Å²) >= 11 is 0. The molecule has 2 aromatic heterocycles. The smallest absolute Gasteiger partial charge is 0.0992 e. The normalized spacial score (nSPS) is 10.5. The Kier molecular flexibility index (Phi) is 1.01. The quantitative estimate of drug-likeness (QED) is 0.532. The van der Waals surface area contributed by atoms with Gasteiger partial charge in [-0.05, 0) is 25.1 Å². The highest BCUT2D eigenvalue weighted by Crippen LogP contribution is 2.05. The molecule has 10 heavy (non-hydrogen) atoms. The molecular formula is C8H8N2. The molecule has 0 N–H and O–H groups in total. The van der Waals surface area contributed by atoms with Crippen LogP contribution in [-0.2, 0) is 0 Å². The fourth-order valence-electron chi connectivity index (χ4n) is 1.09. The summed E-state index contributed by atoms with van der Waals surface area (Å²) in [6.07, 6.45) is 3.62. The van der Waals surface area contributed by atoms with Crippen LogP contribution in [0.25, 0.3) is 5.52 Å². The molecular weight excluding hydrogens is 124 g/mol. The minimum atomic E-state index is 1.20. The number of fused-ring (bicyclic) bond motifs is 1. The SMILES string of the molecule is Cc1ccc2ccncn12. The van der Waals surface area contributed by atoms with Gasteiger partial charge in [-0.2, -0.15) is 0 Å². The van der Waals surface area contributed by atoms with Gasteiger partial charge in [0.05, 0.1) is 6.33 Å². The highest BCUT2D eigenvalue weighted by molar-refractivity contribution is 5.47. The van der Waals surface area contributed by atoms with Crippen LogP contribution >= 0.6 is 0 Å². The Morgan fingerprint density at radius 2 is 2.20 bits per heavy atom. The average Bonchev–Trinajstić information content (AvgIpc) is 2.34. The summed E-state index contributed by atoms with van der Waals surface area (Å²) in [4.78, 5) is 4.01. The molecule has 2 aromatic rings. The van der Waals surface area contributed by atoms with Gasteiger partial charge in [-0.15, -0.1) is 0 Å². The van der Waals surface area contributed by atoms with Crippen molar-refractivity contribution in [2.24, 2.45) is 0 Å². The summed E-state index contributed by atoms with van der Waals surface area (Å²) in [5, 5.41) is 0. The Hall–Kier alpha value is -1.31. The Morgan fingerprint density at radius 1 is 1.30 bits per heavy atom. The lowest BCUT2D eigenvalue weighted by Gasteiger charge is -1.93. The third kappa shape index (κ3) is 0.620. The second-order valence-electron chi connectivity index (χ2n) is 2.35. The van der Waals surface area contributed by atoms with Gasteiger partial charge in [-0.1, -0.05) is 0 Å². The zero-order valence-electron chi connectivity index (χ0n) is 5.78. The molecule has 0 radical (unpaired) electrons. The number of nitrogens with zero attached hydrogens (tertiary/aromatic N) is 2. The van der Waals surface area contributed by atoms with Crippen molar-refractivity contribution in [3.63, 3.8) is 0 Å². The van der Waals surface area contributed by atoms with Crippen molar-refractivity contribution in [3.05, 3.63) is 36.4 Å². The van der Waals surface area contributed by atoms with E-state index in [1.165, 1.54) is 11.2 Å². The Morgan fingerprint density at radius 3 is 3.00 bits per heavy atom. The van der Waals surface area contributed by atoms with Crippen molar-refractivity contribution in [3.8, 4) is 0 Å². The van der Waals surface area contributed by atoms with Crippen LogP contribution in [0.3, 0.4) is 0 Å². The Labute approximate surface area is 59.1 Å². The molecule has 2 heteroatoms. The molecule has 0 aromatic carbocycles. The average molecular weight is 132 g/mol. The maximum atomic E-state index is 4.01. The molecule has 0 aliphatic carbocycles. The van der Waals surface area contributed by atoms with Gasteiger partial charge in [0.25, 0.3) is 0 Å². The van der Waals surface area contributed by atoms with Crippen LogP contribution in [0.1, 0.15) is 5.69 Å². The van der Waals surface area contributed by atoms with Gasteiger partial charge in [0.2, 0.25) is 0 Å². The molecule has 2 rings (SSSR count). The van der Waals surface area contributed by atoms with E-state index < -0.39 is 0 Å². The molecule has 0 aliphatic heterocycles. The highest BCUT2D eigenvalue weighted by Gasteiger charge is 1.92. The van der Waals surface area contributed by atoms with E-state index in [1.54, 1.807) is 6.20 Å². The van der Waals surface area contributed by atoms with E-state index in [0.717, 1.165) is 0 Å². The van der Waals surface area contributed by atoms with Gasteiger partial charge in [0, 0.05) is 17.4 Å². The number of hydrogen-bond donors (Lipinski definition) is 0. The van der Waals surface area contributed by atoms with Crippen LogP contribution in [0.2, 0.25) is 0 Å². The van der Waals surface area contributed by atoms with Crippen LogP contribution in [-0.4, -0.2) is 9.38 Å². The molecule has 0 aliphatic rings. The second kappa shape index (κ2) is 1.84. The molecule has 2 heterocycles. The van der Waals surface area contributed by atoms with Gasteiger partial charge < -0.3 is 4.40 Å². The highest BCUT2D eigenvalue weighted by atomic mass is 14.9. The molecule has 0 atom stereocenters. The van der Waals surface area contributed by atoms with Crippen LogP contribution in [0, 0.1) is 6.92 Å². The predicted octanol–water partition coefficient (Wildman–Crippen LogP) is 1.64. The summed E-state index contributed by atoms with van der Waals surface area (Å²) in [5.41, 5.74) is 2.43. The molecule has 0 saturated carbocycles. The van der Waals surface area contributed by atoms with E-state index in [2.05, 4.69) is 28.4 Å². The van der Waals surface area contributed by atoms with Crippen LogP contribution in [0.4, 0.5) is 0 Å². The molecule has 0 saturated heterocycles. The number of rotatable bonds is 0. The first-order chi connectivity index (χ1) is 4.88. The molecule has 0 bridgehead atoms. The van der Waals surface area contributed by atoms with Gasteiger partial charge in [-0.3, -0.25) is 0 Å². The van der Waals surface area contributed by atoms with E-state index in [1.807, 2.05) is 12.4 Å². The van der Waals surface area contributed by atoms with Gasteiger partial charge in [0.1, 0.15) is 0 Å². The van der Waals surface area contributed by atoms with Crippen molar-refractivity contribution in [1.29, 1.82) is 0 Å². The van der Waals surface area contributed by atoms with Crippen molar-refractivity contribution in [2.45, 2.75) is 6.92 Å². The molecule has 0 unspecified atom stereocenters. The monoisotopic (exact) mass is 132 g/mol. The first-order valence-electron chi connectivity index (χ1n) is 3.25. The van der Waals surface area contributed by atoms with Gasteiger partial charge in [-0.25, -0.2) is 4.98 Å². The van der Waals surface area contributed by atoms with Crippen molar-refractivity contribution < 1.29 is 0 Å². The third-order valence-electron chi connectivity index (χ3n) is 1.67. The third-order valence-corrected chi connectivity index (χ3v) is 1.67. The van der Waals surface area contributed by atoms with Gasteiger partial charge >= 0.3 is 0 Å². The molecule has 50 valence electrons. The number of hydrogen-bond acceptors (Lipinski definition) is 1. The zero-order valence-corrected chi connectivity index (χ0v) is 5.78. The van der Waals surface area contributed by atoms with E-state index in [4.69, 9.17) is 0 Å².